The maximum Gasteiger partial charge on any atom is 0.251 e. The number of ether oxygens (including phenoxy) is 3. The van der Waals surface area contributed by atoms with E-state index in [0.29, 0.717) is 11.1 Å². The number of aliphatic hydroxyl groups is 1. The van der Waals surface area contributed by atoms with Crippen molar-refractivity contribution in [1.29, 1.82) is 0 Å². The van der Waals surface area contributed by atoms with Gasteiger partial charge in [-0.2, -0.15) is 0 Å². The minimum Gasteiger partial charge on any atom is -0.388 e. The number of carbonyl (C=O) groups excluding carboxylic acids is 2. The normalized spacial score (nSPS) is 27.3. The summed E-state index contributed by atoms with van der Waals surface area (Å²) in [6.07, 6.45) is -3.24. The van der Waals surface area contributed by atoms with Gasteiger partial charge in [-0.25, -0.2) is 0 Å². The molecule has 2 aromatic carbocycles. The maximum absolute atomic E-state index is 12.8. The molecule has 8 nitrogen and oxygen atoms in total. The lowest BCUT2D eigenvalue weighted by Crippen LogP contribution is -2.54. The predicted octanol–water partition coefficient (Wildman–Crippen LogP) is 1.45. The standard InChI is InChI=1S/C23H26N2O6/c1-23(2)30-19-17(25-21(28)15-11-7-4-8-12-15)18(29-22(19)31-23)16(26)13-24-20(27)14-9-5-3-6-10-14/h3-12,16-19,22,26H,13H2,1-2H3,(H,24,27)(H,25,28)/t16-,17+,18-,19-,22-/m1/s1. The van der Waals surface area contributed by atoms with Gasteiger partial charge in [0.25, 0.3) is 11.8 Å². The van der Waals surface area contributed by atoms with Crippen LogP contribution in [0.1, 0.15) is 34.6 Å². The van der Waals surface area contributed by atoms with Crippen LogP contribution in [0.25, 0.3) is 0 Å². The average molecular weight is 426 g/mol. The van der Waals surface area contributed by atoms with E-state index < -0.39 is 36.4 Å². The minimum atomic E-state index is -1.09. The minimum absolute atomic E-state index is 0.0566. The first kappa shape index (κ1) is 21.5. The first-order valence-corrected chi connectivity index (χ1v) is 10.2. The van der Waals surface area contributed by atoms with Crippen molar-refractivity contribution in [3.05, 3.63) is 71.8 Å². The summed E-state index contributed by atoms with van der Waals surface area (Å²) in [7, 11) is 0. The number of benzene rings is 2. The SMILES string of the molecule is CC1(C)O[C@H]2O[C@H]([C@H](O)CNC(=O)c3ccccc3)[C@H](NC(=O)c3ccccc3)[C@H]2O1. The van der Waals surface area contributed by atoms with E-state index in [0.717, 1.165) is 0 Å². The van der Waals surface area contributed by atoms with Gasteiger partial charge in [0.2, 0.25) is 0 Å². The first-order valence-electron chi connectivity index (χ1n) is 10.2. The van der Waals surface area contributed by atoms with Crippen LogP contribution < -0.4 is 10.6 Å². The summed E-state index contributed by atoms with van der Waals surface area (Å²) < 4.78 is 17.6. The van der Waals surface area contributed by atoms with Crippen molar-refractivity contribution < 1.29 is 28.9 Å². The number of rotatable bonds is 6. The molecule has 2 saturated heterocycles. The maximum atomic E-state index is 12.8. The number of hydrogen-bond acceptors (Lipinski definition) is 6. The quantitative estimate of drug-likeness (QED) is 0.646. The van der Waals surface area contributed by atoms with Crippen LogP contribution in [0.15, 0.2) is 60.7 Å². The third kappa shape index (κ3) is 4.77. The van der Waals surface area contributed by atoms with Gasteiger partial charge in [-0.3, -0.25) is 9.59 Å². The molecule has 2 aliphatic rings. The molecule has 0 aliphatic carbocycles. The number of hydrogen-bond donors (Lipinski definition) is 3. The van der Waals surface area contributed by atoms with E-state index in [1.165, 1.54) is 0 Å². The number of aliphatic hydroxyl groups excluding tert-OH is 1. The Morgan fingerprint density at radius 3 is 2.16 bits per heavy atom. The molecule has 0 saturated carbocycles. The predicted molar refractivity (Wildman–Crippen MR) is 111 cm³/mol. The van der Waals surface area contributed by atoms with E-state index >= 15 is 0 Å². The molecular weight excluding hydrogens is 400 g/mol. The van der Waals surface area contributed by atoms with E-state index in [9.17, 15) is 14.7 Å². The Kier molecular flexibility index (Phi) is 6.06. The highest BCUT2D eigenvalue weighted by Gasteiger charge is 2.56. The van der Waals surface area contributed by atoms with Crippen molar-refractivity contribution in [2.45, 2.75) is 50.3 Å². The highest BCUT2D eigenvalue weighted by Crippen LogP contribution is 2.38. The van der Waals surface area contributed by atoms with Crippen molar-refractivity contribution in [3.8, 4) is 0 Å². The number of nitrogens with one attached hydrogen (secondary N) is 2. The molecule has 0 spiro atoms. The molecule has 0 aromatic heterocycles. The van der Waals surface area contributed by atoms with Crippen LogP contribution in [-0.2, 0) is 14.2 Å². The summed E-state index contributed by atoms with van der Waals surface area (Å²) in [6, 6.07) is 16.8. The van der Waals surface area contributed by atoms with Crippen molar-refractivity contribution >= 4 is 11.8 Å². The van der Waals surface area contributed by atoms with Crippen LogP contribution in [0.5, 0.6) is 0 Å². The Hall–Kier alpha value is -2.78. The number of carbonyl (C=O) groups is 2. The van der Waals surface area contributed by atoms with E-state index in [4.69, 9.17) is 14.2 Å². The van der Waals surface area contributed by atoms with E-state index in [2.05, 4.69) is 10.6 Å². The van der Waals surface area contributed by atoms with E-state index in [1.54, 1.807) is 62.4 Å². The molecule has 31 heavy (non-hydrogen) atoms. The fourth-order valence-electron chi connectivity index (χ4n) is 3.86. The lowest BCUT2D eigenvalue weighted by Gasteiger charge is -2.29. The topological polar surface area (TPSA) is 106 Å². The molecule has 0 unspecified atom stereocenters. The fourth-order valence-corrected chi connectivity index (χ4v) is 3.86. The summed E-state index contributed by atoms with van der Waals surface area (Å²) in [5.74, 6) is -1.49. The first-order chi connectivity index (χ1) is 14.8. The van der Waals surface area contributed by atoms with Crippen LogP contribution in [0.4, 0.5) is 0 Å². The highest BCUT2D eigenvalue weighted by atomic mass is 16.8. The van der Waals surface area contributed by atoms with Gasteiger partial charge in [-0.05, 0) is 38.1 Å². The summed E-state index contributed by atoms with van der Waals surface area (Å²) in [5, 5.41) is 16.4. The Labute approximate surface area is 180 Å². The fraction of sp³-hybridized carbons (Fsp3) is 0.391. The Balaban J connectivity index is 1.45. The lowest BCUT2D eigenvalue weighted by atomic mass is 10.0. The van der Waals surface area contributed by atoms with Crippen molar-refractivity contribution in [2.75, 3.05) is 6.54 Å². The van der Waals surface area contributed by atoms with Gasteiger partial charge < -0.3 is 30.0 Å². The number of amides is 2. The third-order valence-electron chi connectivity index (χ3n) is 5.31. The summed E-state index contributed by atoms with van der Waals surface area (Å²) in [4.78, 5) is 25.1. The molecule has 0 radical (unpaired) electrons. The molecule has 164 valence electrons. The monoisotopic (exact) mass is 426 g/mol. The molecular formula is C23H26N2O6. The molecule has 2 fully saturated rings. The Morgan fingerprint density at radius 1 is 0.968 bits per heavy atom. The average Bonchev–Trinajstić information content (AvgIpc) is 3.25. The molecule has 3 N–H and O–H groups in total. The molecule has 0 bridgehead atoms. The van der Waals surface area contributed by atoms with Crippen LogP contribution in [0.2, 0.25) is 0 Å². The zero-order valence-electron chi connectivity index (χ0n) is 17.4. The van der Waals surface area contributed by atoms with Crippen LogP contribution in [-0.4, -0.2) is 59.9 Å². The molecule has 2 aliphatic heterocycles. The second kappa shape index (κ2) is 8.76. The molecule has 2 heterocycles. The van der Waals surface area contributed by atoms with Gasteiger partial charge in [0, 0.05) is 17.7 Å². The molecule has 2 amide bonds. The number of fused-ring (bicyclic) bond motifs is 1. The van der Waals surface area contributed by atoms with Crippen molar-refractivity contribution in [2.24, 2.45) is 0 Å². The highest BCUT2D eigenvalue weighted by molar-refractivity contribution is 5.94. The summed E-state index contributed by atoms with van der Waals surface area (Å²) >= 11 is 0. The molecule has 8 heteroatoms. The molecule has 2 aromatic rings. The van der Waals surface area contributed by atoms with Crippen molar-refractivity contribution in [1.82, 2.24) is 10.6 Å². The van der Waals surface area contributed by atoms with Gasteiger partial charge in [0.05, 0.1) is 12.1 Å². The Morgan fingerprint density at radius 2 is 1.55 bits per heavy atom. The van der Waals surface area contributed by atoms with Gasteiger partial charge in [0.15, 0.2) is 12.1 Å². The van der Waals surface area contributed by atoms with Crippen LogP contribution >= 0.6 is 0 Å². The second-order valence-corrected chi connectivity index (χ2v) is 8.08. The van der Waals surface area contributed by atoms with E-state index in [-0.39, 0.29) is 18.4 Å². The van der Waals surface area contributed by atoms with Crippen LogP contribution in [0.3, 0.4) is 0 Å². The lowest BCUT2D eigenvalue weighted by molar-refractivity contribution is -0.216. The zero-order valence-corrected chi connectivity index (χ0v) is 17.4. The summed E-state index contributed by atoms with van der Waals surface area (Å²) in [5.41, 5.74) is 0.969. The second-order valence-electron chi connectivity index (χ2n) is 8.08. The van der Waals surface area contributed by atoms with Gasteiger partial charge >= 0.3 is 0 Å². The largest absolute Gasteiger partial charge is 0.388 e. The Bertz CT molecular complexity index is 920. The van der Waals surface area contributed by atoms with E-state index in [1.807, 2.05) is 12.1 Å². The van der Waals surface area contributed by atoms with Gasteiger partial charge in [-0.1, -0.05) is 36.4 Å². The zero-order chi connectivity index (χ0) is 22.0. The van der Waals surface area contributed by atoms with Crippen molar-refractivity contribution in [3.63, 3.8) is 0 Å². The van der Waals surface area contributed by atoms with Crippen LogP contribution in [0, 0.1) is 0 Å². The summed E-state index contributed by atoms with van der Waals surface area (Å²) in [6.45, 7) is 3.46. The smallest absolute Gasteiger partial charge is 0.251 e. The molecule has 4 rings (SSSR count). The van der Waals surface area contributed by atoms with Gasteiger partial charge in [-0.15, -0.1) is 0 Å². The third-order valence-corrected chi connectivity index (χ3v) is 5.31. The van der Waals surface area contributed by atoms with Gasteiger partial charge in [0.1, 0.15) is 12.2 Å². The molecule has 5 atom stereocenters.